The van der Waals surface area contributed by atoms with Gasteiger partial charge in [-0.05, 0) is 262 Å². The second-order valence-electron chi connectivity index (χ2n) is 29.4. The van der Waals surface area contributed by atoms with E-state index in [1.54, 1.807) is 87.6 Å². The smallest absolute Gasteiger partial charge is 0.423 e. The van der Waals surface area contributed by atoms with Crippen LogP contribution in [-0.2, 0) is 14.1 Å². The maximum Gasteiger partial charge on any atom is 0.489 e. The lowest BCUT2D eigenvalue weighted by molar-refractivity contribution is 0.425. The molecule has 0 aliphatic carbocycles. The Morgan fingerprint density at radius 1 is 0.444 bits per heavy atom. The van der Waals surface area contributed by atoms with Gasteiger partial charge in [0.15, 0.2) is 41.3 Å². The molecule has 0 spiro atoms. The van der Waals surface area contributed by atoms with E-state index in [4.69, 9.17) is 59.4 Å². The van der Waals surface area contributed by atoms with E-state index in [0.717, 1.165) is 164 Å². The standard InChI is InChI=1S/C24H20BN5S.C22H15N5.C15H11IN4.2C8H8BNO2.2C8H6BrN.CH4BClS.3CH5BS/c1-29-21-10-9-15(16-5-4-8-22-17(16)11-12-30(22)31-14-25)13-18(21)23(28-29)24-26-19-6-2-3-7-20(19)27-24;1-2-6-20-19(5-1)24-22(25-20)21-16-12-13(8-9-18(16)26-27-21)14-4-3-7-17-15(14)10-11-23-17;1-20-13-7-6-9(16)8-10(13)14(19-20)15-17-11-4-2-3-5-12(11)18-15;2*11-9(12)7-2-1-3-8-6(7)4-5-10-8;2*9-7-2-1-3-8-6(7)4-5-10-8;2-1-4-3;3*1-2-3/h2-13H,14,25H2,1H3,(H,26,27);1-12,23H,(H,24,25)(H,26,27);2-8H,1H3,(H,17,18);2*1-5,10-12H;2*1-5,10H;1-2H2;3*2-3H,1H3/i25TD;;;;;;;2TD;3*2D/hT3. The Bertz CT molecular complexity index is 8280. The average molecular weight is 2150 g/mol. The minimum absolute atomic E-state index is 0.222. The summed E-state index contributed by atoms with van der Waals surface area (Å²) in [4.78, 5) is 34.4. The molecule has 24 rings (SSSR count). The number of benzene rings is 12. The Morgan fingerprint density at radius 2 is 0.852 bits per heavy atom. The van der Waals surface area contributed by atoms with Crippen molar-refractivity contribution in [1.29, 1.82) is 9.35 Å². The molecule has 135 heavy (non-hydrogen) atoms. The second-order valence-corrected chi connectivity index (χ2v) is 36.1. The fourth-order valence-electron chi connectivity index (χ4n) is 15.1. The number of fused-ring (bicyclic) bond motifs is 12. The van der Waals surface area contributed by atoms with Gasteiger partial charge in [-0.3, -0.25) is 18.4 Å². The number of nitrogens with zero attached hydrogens (tertiary/aromatic N) is 9. The normalized spacial score (nSPS) is 11.7. The zero-order chi connectivity index (χ0) is 103. The maximum atomic E-state index is 9.02. The second kappa shape index (κ2) is 48.5. The topological polar surface area (TPSA) is 315 Å². The number of imidazole rings is 3. The molecule has 0 unspecified atom stereocenters. The number of thiol groups is 3. The first-order chi connectivity index (χ1) is 69.7. The minimum Gasteiger partial charge on any atom is -0.423 e. The summed E-state index contributed by atoms with van der Waals surface area (Å²) in [5, 5.41) is 62.4. The number of halogens is 4. The SMILES string of the molecule is Brc1cccc2[nH]ccc12.Cn1nc(-c2nc3ccccc3[nH]2)c2cc(I)ccc21.[2H]B(C)S.[2H]B(C)S.[2H]B(C)S.[2H]B([3H])CSCl.[2H]B([3H])CSn1ccc2c(-c3ccc4c(c3)c(-c3nc5ccccc5[nH]3)nn4C)cccc21.[3H]n1ccc2c(B(O)O)cccc21.[3H]n1ccc2c(B(O)O)cccc21.[3H]n1ccc2c(Br)cccc21.c1ccc2[nH]c(-c3n[nH]c4ccc(-c5cccc6[nH]ccc56)cc34)nc2c1. The highest BCUT2D eigenvalue weighted by atomic mass is 127. The van der Waals surface area contributed by atoms with E-state index < -0.39 is 29.8 Å². The summed E-state index contributed by atoms with van der Waals surface area (Å²) in [7, 11) is 5.42. The van der Waals surface area contributed by atoms with Crippen LogP contribution in [-0.4, -0.2) is 179 Å². The molecule has 22 nitrogen and oxygen atoms in total. The Hall–Kier alpha value is -11.3. The number of aromatic nitrogens is 18. The first kappa shape index (κ1) is 86.6. The van der Waals surface area contributed by atoms with Crippen LogP contribution in [0, 0.1) is 3.57 Å². The van der Waals surface area contributed by atoms with Crippen molar-refractivity contribution in [1.82, 2.24) is 88.5 Å². The minimum atomic E-state index is -1.48. The Balaban J connectivity index is 0.000000135. The Kier molecular flexibility index (Phi) is 31.1. The number of nitrogens with one attached hydrogen (secondary N) is 9. The van der Waals surface area contributed by atoms with Gasteiger partial charge in [0.2, 0.25) is 0 Å². The molecular weight excluding hydrogens is 2040 g/mol. The summed E-state index contributed by atoms with van der Waals surface area (Å²) < 4.78 is 78.9. The summed E-state index contributed by atoms with van der Waals surface area (Å²) >= 11 is 21.6. The van der Waals surface area contributed by atoms with Crippen LogP contribution in [0.4, 0.5) is 0 Å². The predicted molar refractivity (Wildman–Crippen MR) is 611 cm³/mol. The third-order valence-electron chi connectivity index (χ3n) is 21.0. The highest BCUT2D eigenvalue weighted by molar-refractivity contribution is 14.1. The van der Waals surface area contributed by atoms with E-state index >= 15 is 0 Å². The van der Waals surface area contributed by atoms with E-state index in [2.05, 4.69) is 256 Å². The van der Waals surface area contributed by atoms with Crippen molar-refractivity contribution < 1.29 is 24.3 Å². The Morgan fingerprint density at radius 3 is 1.34 bits per heavy atom. The summed E-state index contributed by atoms with van der Waals surface area (Å²) in [5.41, 5.74) is 23.6. The quantitative estimate of drug-likeness (QED) is 0.0308. The van der Waals surface area contributed by atoms with Crippen molar-refractivity contribution >= 4 is 317 Å². The van der Waals surface area contributed by atoms with Gasteiger partial charge in [-0.25, -0.2) is 52.4 Å². The van der Waals surface area contributed by atoms with Crippen molar-refractivity contribution in [2.24, 2.45) is 14.1 Å². The molecular formula is C97H93B7Br2ClIN18O4S5. The summed E-state index contributed by atoms with van der Waals surface area (Å²) in [6.45, 7) is 4.43. The van der Waals surface area contributed by atoms with Crippen molar-refractivity contribution in [2.45, 2.75) is 20.5 Å². The Labute approximate surface area is 857 Å². The molecule has 13 N–H and O–H groups in total. The van der Waals surface area contributed by atoms with Gasteiger partial charge in [-0.2, -0.15) is 15.3 Å². The number of para-hydroxylation sites is 6. The zero-order valence-corrected chi connectivity index (χ0v) is 83.6. The molecule has 0 bridgehead atoms. The first-order valence-electron chi connectivity index (χ1n) is 47.4. The molecule has 0 atom stereocenters. The van der Waals surface area contributed by atoms with Gasteiger partial charge in [0, 0.05) is 129 Å². The van der Waals surface area contributed by atoms with Gasteiger partial charge >= 0.3 is 14.2 Å². The molecule has 12 aromatic heterocycles. The van der Waals surface area contributed by atoms with Gasteiger partial charge < -0.3 is 59.9 Å². The van der Waals surface area contributed by atoms with Crippen LogP contribution in [0.3, 0.4) is 0 Å². The summed E-state index contributed by atoms with van der Waals surface area (Å²) in [6, 6.07) is 89.5. The van der Waals surface area contributed by atoms with Gasteiger partial charge in [0.25, 0.3) is 0 Å². The number of hydrogen-bond acceptors (Lipinski definition) is 15. The van der Waals surface area contributed by atoms with Gasteiger partial charge in [-0.15, -0.1) is 0 Å². The van der Waals surface area contributed by atoms with Gasteiger partial charge in [0.1, 0.15) is 32.6 Å². The van der Waals surface area contributed by atoms with E-state index in [1.165, 1.54) is 52.3 Å². The molecule has 0 saturated carbocycles. The lowest BCUT2D eigenvalue weighted by atomic mass is 9.78. The number of aromatic amines is 9. The maximum absolute atomic E-state index is 9.02. The van der Waals surface area contributed by atoms with Crippen LogP contribution in [0.5, 0.6) is 0 Å². The molecule has 38 heteroatoms. The largest absolute Gasteiger partial charge is 0.489 e. The molecule has 0 radical (unpaired) electrons. The molecule has 12 heterocycles. The van der Waals surface area contributed by atoms with Crippen molar-refractivity contribution in [2.75, 3.05) is 11.3 Å². The van der Waals surface area contributed by atoms with Crippen molar-refractivity contribution in [3.05, 3.63) is 323 Å². The molecule has 24 aromatic rings. The van der Waals surface area contributed by atoms with Crippen LogP contribution in [0.25, 0.3) is 188 Å². The monoisotopic (exact) mass is 2150 g/mol. The number of rotatable bonds is 12. The highest BCUT2D eigenvalue weighted by Crippen LogP contribution is 2.38. The van der Waals surface area contributed by atoms with Gasteiger partial charge in [-0.1, -0.05) is 184 Å². The van der Waals surface area contributed by atoms with Crippen LogP contribution in [0.15, 0.2) is 319 Å². The van der Waals surface area contributed by atoms with Crippen LogP contribution in [0.1, 0.15) is 0 Å². The first-order valence-corrected chi connectivity index (χ1v) is 49.0. The van der Waals surface area contributed by atoms with Crippen molar-refractivity contribution in [3.63, 3.8) is 0 Å². The van der Waals surface area contributed by atoms with E-state index in [1.807, 2.05) is 151 Å². The average Bonchev–Trinajstić information content (AvgIpc) is 1.62. The fourth-order valence-corrected chi connectivity index (χ4v) is 17.2. The molecule has 12 aromatic carbocycles. The lowest BCUT2D eigenvalue weighted by Gasteiger charge is -2.07. The molecule has 0 aliphatic rings. The number of aryl methyl sites for hydroxylation is 2. The zero-order valence-electron chi connectivity index (χ0n) is 83.2. The molecule has 0 fully saturated rings. The summed E-state index contributed by atoms with van der Waals surface area (Å²) in [5.74, 6) is 2.36. The number of hydrogen-bond donors (Lipinski definition) is 16. The van der Waals surface area contributed by atoms with Gasteiger partial charge in [0.05, 0.1) is 55.2 Å². The molecule has 0 amide bonds. The predicted octanol–water partition coefficient (Wildman–Crippen LogP) is 20.8. The highest BCUT2D eigenvalue weighted by Gasteiger charge is 2.21. The van der Waals surface area contributed by atoms with E-state index in [0.29, 0.717) is 44.0 Å². The summed E-state index contributed by atoms with van der Waals surface area (Å²) in [6.07, 6.45) is 10.8. The molecule has 674 valence electrons. The molecule has 0 aliphatic heterocycles. The van der Waals surface area contributed by atoms with Crippen LogP contribution < -0.4 is 10.9 Å². The third kappa shape index (κ3) is 24.0. The van der Waals surface area contributed by atoms with Crippen molar-refractivity contribution in [3.8, 4) is 56.8 Å². The fraction of sp³-hybridized carbons (Fsp3) is 0.0722. The van der Waals surface area contributed by atoms with E-state index in [-0.39, 0.29) is 19.6 Å². The lowest BCUT2D eigenvalue weighted by Crippen LogP contribution is -2.29. The van der Waals surface area contributed by atoms with Crippen LogP contribution in [0.2, 0.25) is 24.7 Å². The van der Waals surface area contributed by atoms with E-state index in [9.17, 15) is 0 Å². The van der Waals surface area contributed by atoms with Crippen LogP contribution >= 0.6 is 125 Å². The third-order valence-corrected chi connectivity index (χ3v) is 24.3. The molecule has 0 saturated heterocycles. The number of H-pyrrole nitrogens is 9.